The first-order valence-electron chi connectivity index (χ1n) is 6.37. The molecule has 1 aliphatic rings. The van der Waals surface area contributed by atoms with Crippen molar-refractivity contribution in [1.29, 1.82) is 0 Å². The minimum Gasteiger partial charge on any atom is -0.394 e. The Morgan fingerprint density at radius 1 is 1.44 bits per heavy atom. The number of ether oxygens (including phenoxy) is 1. The van der Waals surface area contributed by atoms with E-state index in [9.17, 15) is 5.11 Å². The van der Waals surface area contributed by atoms with Gasteiger partial charge in [0.2, 0.25) is 0 Å². The van der Waals surface area contributed by atoms with E-state index in [1.54, 1.807) is 0 Å². The molecule has 1 aromatic rings. The number of nitrogens with one attached hydrogen (secondary N) is 1. The van der Waals surface area contributed by atoms with Crippen molar-refractivity contribution in [3.8, 4) is 0 Å². The zero-order valence-corrected chi connectivity index (χ0v) is 12.8. The first-order valence-corrected chi connectivity index (χ1v) is 7.45. The highest BCUT2D eigenvalue weighted by atomic mass is 127. The smallest absolute Gasteiger partial charge is 0.0700 e. The maximum Gasteiger partial charge on any atom is 0.0700 e. The topological polar surface area (TPSA) is 41.5 Å². The van der Waals surface area contributed by atoms with E-state index in [1.807, 2.05) is 6.92 Å². The Bertz CT molecular complexity index is 376. The molecule has 3 nitrogen and oxygen atoms in total. The highest BCUT2D eigenvalue weighted by molar-refractivity contribution is 14.1. The third-order valence-corrected chi connectivity index (χ3v) is 4.26. The lowest BCUT2D eigenvalue weighted by Crippen LogP contribution is -2.46. The zero-order valence-electron chi connectivity index (χ0n) is 10.7. The molecule has 1 aliphatic heterocycles. The fourth-order valence-corrected chi connectivity index (χ4v) is 2.57. The van der Waals surface area contributed by atoms with Crippen LogP contribution in [0.4, 0.5) is 0 Å². The van der Waals surface area contributed by atoms with Gasteiger partial charge in [-0.1, -0.05) is 12.1 Å². The molecule has 0 amide bonds. The number of hydrogen-bond donors (Lipinski definition) is 2. The van der Waals surface area contributed by atoms with E-state index in [0.29, 0.717) is 6.10 Å². The predicted molar refractivity (Wildman–Crippen MR) is 80.6 cm³/mol. The van der Waals surface area contributed by atoms with Crippen LogP contribution in [0.25, 0.3) is 0 Å². The Kier molecular flexibility index (Phi) is 5.00. The number of hydrogen-bond acceptors (Lipinski definition) is 3. The van der Waals surface area contributed by atoms with E-state index in [2.05, 4.69) is 52.2 Å². The summed E-state index contributed by atoms with van der Waals surface area (Å²) in [5.74, 6) is 0. The monoisotopic (exact) mass is 361 g/mol. The fourth-order valence-electron chi connectivity index (χ4n) is 2.21. The Hall–Kier alpha value is -0.170. The molecule has 1 aromatic carbocycles. The summed E-state index contributed by atoms with van der Waals surface area (Å²) in [6.07, 6.45) is 2.55. The third-order valence-electron chi connectivity index (χ3n) is 3.54. The van der Waals surface area contributed by atoms with Gasteiger partial charge in [0.05, 0.1) is 18.2 Å². The third kappa shape index (κ3) is 3.44. The number of aliphatic hydroxyl groups excluding tert-OH is 1. The zero-order chi connectivity index (χ0) is 13.0. The maximum absolute atomic E-state index is 9.68. The average Bonchev–Trinajstić information content (AvgIpc) is 2.90. The molecule has 0 saturated carbocycles. The van der Waals surface area contributed by atoms with E-state index >= 15 is 0 Å². The largest absolute Gasteiger partial charge is 0.394 e. The second-order valence-electron chi connectivity index (χ2n) is 5.01. The van der Waals surface area contributed by atoms with Gasteiger partial charge in [-0.3, -0.25) is 0 Å². The normalized spacial score (nSPS) is 22.9. The first-order chi connectivity index (χ1) is 8.64. The van der Waals surface area contributed by atoms with E-state index in [4.69, 9.17) is 4.74 Å². The summed E-state index contributed by atoms with van der Waals surface area (Å²) in [4.78, 5) is 0. The molecule has 0 aliphatic carbocycles. The van der Waals surface area contributed by atoms with Crippen LogP contribution in [0, 0.1) is 3.57 Å². The summed E-state index contributed by atoms with van der Waals surface area (Å²) in [6.45, 7) is 3.78. The number of rotatable bonds is 5. The SMILES string of the molecule is CC(CO)(NCC1CCCO1)c1ccc(I)cc1. The Labute approximate surface area is 122 Å². The van der Waals surface area contributed by atoms with E-state index in [1.165, 1.54) is 3.57 Å². The van der Waals surface area contributed by atoms with Crippen LogP contribution < -0.4 is 5.32 Å². The Balaban J connectivity index is 2.01. The van der Waals surface area contributed by atoms with Gasteiger partial charge in [0.25, 0.3) is 0 Å². The molecule has 0 bridgehead atoms. The Morgan fingerprint density at radius 2 is 2.17 bits per heavy atom. The average molecular weight is 361 g/mol. The highest BCUT2D eigenvalue weighted by Crippen LogP contribution is 2.22. The van der Waals surface area contributed by atoms with Gasteiger partial charge in [-0.15, -0.1) is 0 Å². The van der Waals surface area contributed by atoms with Crippen molar-refractivity contribution in [3.63, 3.8) is 0 Å². The molecule has 2 N–H and O–H groups in total. The van der Waals surface area contributed by atoms with Crippen LogP contribution in [0.2, 0.25) is 0 Å². The van der Waals surface area contributed by atoms with Crippen LogP contribution in [-0.2, 0) is 10.3 Å². The van der Waals surface area contributed by atoms with Crippen molar-refractivity contribution < 1.29 is 9.84 Å². The van der Waals surface area contributed by atoms with E-state index in [-0.39, 0.29) is 6.61 Å². The fraction of sp³-hybridized carbons (Fsp3) is 0.571. The molecule has 0 radical (unpaired) electrons. The molecule has 4 heteroatoms. The van der Waals surface area contributed by atoms with Gasteiger partial charge in [-0.25, -0.2) is 0 Å². The number of benzene rings is 1. The predicted octanol–water partition coefficient (Wildman–Crippen LogP) is 2.27. The lowest BCUT2D eigenvalue weighted by Gasteiger charge is -2.30. The van der Waals surface area contributed by atoms with Crippen LogP contribution >= 0.6 is 22.6 Å². The van der Waals surface area contributed by atoms with Crippen molar-refractivity contribution in [2.45, 2.75) is 31.4 Å². The van der Waals surface area contributed by atoms with Gasteiger partial charge in [0.15, 0.2) is 0 Å². The van der Waals surface area contributed by atoms with Crippen molar-refractivity contribution in [2.75, 3.05) is 19.8 Å². The Morgan fingerprint density at radius 3 is 2.72 bits per heavy atom. The number of halogens is 1. The van der Waals surface area contributed by atoms with Gasteiger partial charge in [0, 0.05) is 16.7 Å². The lowest BCUT2D eigenvalue weighted by atomic mass is 9.92. The molecule has 1 fully saturated rings. The molecule has 1 saturated heterocycles. The van der Waals surface area contributed by atoms with Gasteiger partial charge < -0.3 is 15.2 Å². The van der Waals surface area contributed by atoms with Crippen molar-refractivity contribution in [3.05, 3.63) is 33.4 Å². The summed E-state index contributed by atoms with van der Waals surface area (Å²) in [5.41, 5.74) is 0.722. The second-order valence-corrected chi connectivity index (χ2v) is 6.26. The van der Waals surface area contributed by atoms with E-state index < -0.39 is 5.54 Å². The van der Waals surface area contributed by atoms with Crippen molar-refractivity contribution in [2.24, 2.45) is 0 Å². The first kappa shape index (κ1) is 14.2. The molecule has 2 rings (SSSR count). The minimum atomic E-state index is -0.393. The van der Waals surface area contributed by atoms with Gasteiger partial charge >= 0.3 is 0 Å². The standard InChI is InChI=1S/C14H20INO2/c1-14(10-17,11-4-6-12(15)7-5-11)16-9-13-3-2-8-18-13/h4-7,13,16-17H,2-3,8-10H2,1H3. The molecule has 18 heavy (non-hydrogen) atoms. The van der Waals surface area contributed by atoms with Crippen LogP contribution in [-0.4, -0.2) is 31.0 Å². The molecule has 0 spiro atoms. The van der Waals surface area contributed by atoms with Crippen LogP contribution in [0.3, 0.4) is 0 Å². The van der Waals surface area contributed by atoms with Crippen LogP contribution in [0.5, 0.6) is 0 Å². The molecule has 0 aromatic heterocycles. The molecule has 2 atom stereocenters. The van der Waals surface area contributed by atoms with E-state index in [0.717, 1.165) is 31.6 Å². The van der Waals surface area contributed by atoms with Gasteiger partial charge in [-0.2, -0.15) is 0 Å². The summed E-state index contributed by atoms with van der Waals surface area (Å²) < 4.78 is 6.81. The number of aliphatic hydroxyl groups is 1. The maximum atomic E-state index is 9.68. The molecule has 2 unspecified atom stereocenters. The quantitative estimate of drug-likeness (QED) is 0.791. The van der Waals surface area contributed by atoms with Crippen molar-refractivity contribution in [1.82, 2.24) is 5.32 Å². The van der Waals surface area contributed by atoms with Gasteiger partial charge in [0.1, 0.15) is 0 Å². The summed E-state index contributed by atoms with van der Waals surface area (Å²) in [7, 11) is 0. The summed E-state index contributed by atoms with van der Waals surface area (Å²) in [5, 5.41) is 13.1. The molecule has 100 valence electrons. The van der Waals surface area contributed by atoms with Crippen molar-refractivity contribution >= 4 is 22.6 Å². The summed E-state index contributed by atoms with van der Waals surface area (Å²) in [6, 6.07) is 8.27. The highest BCUT2D eigenvalue weighted by Gasteiger charge is 2.27. The minimum absolute atomic E-state index is 0.0836. The van der Waals surface area contributed by atoms with Gasteiger partial charge in [-0.05, 0) is 60.1 Å². The lowest BCUT2D eigenvalue weighted by molar-refractivity contribution is 0.0910. The molecular formula is C14H20INO2. The molecule has 1 heterocycles. The van der Waals surface area contributed by atoms with Crippen LogP contribution in [0.15, 0.2) is 24.3 Å². The second kappa shape index (κ2) is 6.32. The molecular weight excluding hydrogens is 341 g/mol. The van der Waals surface area contributed by atoms with Crippen LogP contribution in [0.1, 0.15) is 25.3 Å². The summed E-state index contributed by atoms with van der Waals surface area (Å²) >= 11 is 2.29.